The number of fused-ring (bicyclic) bond motifs is 1. The van der Waals surface area contributed by atoms with E-state index in [-0.39, 0.29) is 23.3 Å². The van der Waals surface area contributed by atoms with Crippen molar-refractivity contribution in [1.29, 1.82) is 0 Å². The van der Waals surface area contributed by atoms with Crippen molar-refractivity contribution in [3.05, 3.63) is 29.3 Å². The molecule has 3 aliphatic rings. The first-order valence-corrected chi connectivity index (χ1v) is 11.4. The van der Waals surface area contributed by atoms with Gasteiger partial charge < -0.3 is 14.5 Å². The van der Waals surface area contributed by atoms with E-state index < -0.39 is 9.84 Å². The summed E-state index contributed by atoms with van der Waals surface area (Å²) < 4.78 is 28.7. The quantitative estimate of drug-likeness (QED) is 0.778. The molecular formula is C19H27N2O4S+. The first-order valence-electron chi connectivity index (χ1n) is 9.55. The molecule has 142 valence electrons. The zero-order valence-corrected chi connectivity index (χ0v) is 15.9. The summed E-state index contributed by atoms with van der Waals surface area (Å²) in [6.45, 7) is 5.19. The molecule has 7 heteroatoms. The van der Waals surface area contributed by atoms with Crippen molar-refractivity contribution in [1.82, 2.24) is 4.90 Å². The van der Waals surface area contributed by atoms with Gasteiger partial charge in [-0.05, 0) is 36.1 Å². The predicted octanol–water partition coefficient (Wildman–Crippen LogP) is -0.327. The fraction of sp³-hybridized carbons (Fsp3) is 0.632. The van der Waals surface area contributed by atoms with Crippen molar-refractivity contribution in [3.8, 4) is 5.75 Å². The maximum absolute atomic E-state index is 12.5. The molecule has 1 aromatic carbocycles. The number of benzene rings is 1. The number of piperazine rings is 1. The lowest BCUT2D eigenvalue weighted by Crippen LogP contribution is -3.13. The van der Waals surface area contributed by atoms with E-state index in [4.69, 9.17) is 4.74 Å². The van der Waals surface area contributed by atoms with Gasteiger partial charge in [0.1, 0.15) is 12.3 Å². The monoisotopic (exact) mass is 379 g/mol. The molecule has 1 amide bonds. The number of carbonyl (C=O) groups excluding carboxylic acids is 1. The highest BCUT2D eigenvalue weighted by molar-refractivity contribution is 7.91. The van der Waals surface area contributed by atoms with Gasteiger partial charge in [-0.15, -0.1) is 0 Å². The average molecular weight is 380 g/mol. The Hall–Kier alpha value is -1.60. The Kier molecular flexibility index (Phi) is 4.92. The van der Waals surface area contributed by atoms with Gasteiger partial charge in [-0.3, -0.25) is 4.79 Å². The number of quaternary nitrogens is 1. The Morgan fingerprint density at radius 2 is 2.08 bits per heavy atom. The Bertz CT molecular complexity index is 785. The lowest BCUT2D eigenvalue weighted by molar-refractivity contribution is -0.917. The molecule has 0 aromatic heterocycles. The summed E-state index contributed by atoms with van der Waals surface area (Å²) in [7, 11) is -2.90. The molecule has 0 unspecified atom stereocenters. The van der Waals surface area contributed by atoms with E-state index in [2.05, 4.69) is 18.2 Å². The van der Waals surface area contributed by atoms with Gasteiger partial charge in [-0.2, -0.15) is 0 Å². The zero-order chi connectivity index (χ0) is 18.1. The Labute approximate surface area is 155 Å². The van der Waals surface area contributed by atoms with E-state index >= 15 is 0 Å². The number of ether oxygens (including phenoxy) is 1. The number of amides is 1. The summed E-state index contributed by atoms with van der Waals surface area (Å²) in [5, 5.41) is 0. The molecule has 3 heterocycles. The third-order valence-corrected chi connectivity index (χ3v) is 7.66. The Morgan fingerprint density at radius 1 is 1.27 bits per heavy atom. The minimum atomic E-state index is -2.90. The number of hydrogen-bond acceptors (Lipinski definition) is 4. The van der Waals surface area contributed by atoms with Crippen LogP contribution in [0.3, 0.4) is 0 Å². The molecule has 0 aliphatic carbocycles. The van der Waals surface area contributed by atoms with Gasteiger partial charge in [0.25, 0.3) is 0 Å². The molecule has 3 aliphatic heterocycles. The Balaban J connectivity index is 1.25. The number of hydrogen-bond donors (Lipinski definition) is 1. The lowest BCUT2D eigenvalue weighted by atomic mass is 10.0. The summed E-state index contributed by atoms with van der Waals surface area (Å²) in [4.78, 5) is 15.9. The van der Waals surface area contributed by atoms with Crippen LogP contribution >= 0.6 is 0 Å². The van der Waals surface area contributed by atoms with E-state index in [1.807, 2.05) is 4.90 Å². The van der Waals surface area contributed by atoms with E-state index in [1.54, 1.807) is 0 Å². The average Bonchev–Trinajstić information content (AvgIpc) is 3.21. The molecule has 1 aromatic rings. The van der Waals surface area contributed by atoms with Crippen molar-refractivity contribution in [2.45, 2.75) is 25.8 Å². The Morgan fingerprint density at radius 3 is 2.81 bits per heavy atom. The fourth-order valence-corrected chi connectivity index (χ4v) is 6.16. The highest BCUT2D eigenvalue weighted by Gasteiger charge is 2.32. The highest BCUT2D eigenvalue weighted by Crippen LogP contribution is 2.25. The molecule has 6 nitrogen and oxygen atoms in total. The zero-order valence-electron chi connectivity index (χ0n) is 15.1. The predicted molar refractivity (Wildman–Crippen MR) is 98.0 cm³/mol. The third-order valence-electron chi connectivity index (χ3n) is 5.82. The van der Waals surface area contributed by atoms with Crippen LogP contribution in [0.15, 0.2) is 18.2 Å². The van der Waals surface area contributed by atoms with Gasteiger partial charge in [0, 0.05) is 18.4 Å². The van der Waals surface area contributed by atoms with Crippen molar-refractivity contribution >= 4 is 15.7 Å². The number of nitrogens with one attached hydrogen (secondary N) is 1. The summed E-state index contributed by atoms with van der Waals surface area (Å²) in [6.07, 6.45) is 2.03. The highest BCUT2D eigenvalue weighted by atomic mass is 32.2. The molecule has 2 saturated heterocycles. The van der Waals surface area contributed by atoms with E-state index in [9.17, 15) is 13.2 Å². The van der Waals surface area contributed by atoms with Crippen LogP contribution < -0.4 is 9.64 Å². The van der Waals surface area contributed by atoms with Crippen molar-refractivity contribution < 1.29 is 22.8 Å². The number of rotatable bonds is 4. The van der Waals surface area contributed by atoms with Crippen LogP contribution in [-0.4, -0.2) is 63.5 Å². The summed E-state index contributed by atoms with van der Waals surface area (Å²) in [5.41, 5.74) is 2.64. The maximum atomic E-state index is 12.5. The SMILES string of the molecule is O=C(C[C@H]1CCS(=O)(=O)C1)N1CC[NH+](Cc2ccc3c(c2)CCO3)CC1. The van der Waals surface area contributed by atoms with Gasteiger partial charge >= 0.3 is 0 Å². The molecule has 26 heavy (non-hydrogen) atoms. The van der Waals surface area contributed by atoms with Crippen LogP contribution in [0.4, 0.5) is 0 Å². The second-order valence-corrected chi connectivity index (χ2v) is 10.1. The first-order chi connectivity index (χ1) is 12.5. The summed E-state index contributed by atoms with van der Waals surface area (Å²) in [6, 6.07) is 6.48. The molecule has 0 radical (unpaired) electrons. The van der Waals surface area contributed by atoms with Crippen molar-refractivity contribution in [3.63, 3.8) is 0 Å². The maximum Gasteiger partial charge on any atom is 0.223 e. The van der Waals surface area contributed by atoms with Crippen LogP contribution in [0.25, 0.3) is 0 Å². The van der Waals surface area contributed by atoms with Crippen molar-refractivity contribution in [2.75, 3.05) is 44.3 Å². The largest absolute Gasteiger partial charge is 0.493 e. The molecule has 0 spiro atoms. The normalized spacial score (nSPS) is 25.1. The molecule has 1 atom stereocenters. The molecule has 1 N–H and O–H groups in total. The molecular weight excluding hydrogens is 352 g/mol. The lowest BCUT2D eigenvalue weighted by Gasteiger charge is -2.32. The summed E-state index contributed by atoms with van der Waals surface area (Å²) >= 11 is 0. The first kappa shape index (κ1) is 17.8. The minimum absolute atomic E-state index is 0.0199. The molecule has 4 rings (SSSR count). The fourth-order valence-electron chi connectivity index (χ4n) is 4.30. The van der Waals surface area contributed by atoms with Crippen LogP contribution in [0.5, 0.6) is 5.75 Å². The van der Waals surface area contributed by atoms with E-state index in [0.717, 1.165) is 51.5 Å². The van der Waals surface area contributed by atoms with Gasteiger partial charge in [0.15, 0.2) is 9.84 Å². The smallest absolute Gasteiger partial charge is 0.223 e. The van der Waals surface area contributed by atoms with E-state index in [1.165, 1.54) is 16.0 Å². The topological polar surface area (TPSA) is 68.1 Å². The van der Waals surface area contributed by atoms with Crippen LogP contribution in [-0.2, 0) is 27.6 Å². The molecule has 0 saturated carbocycles. The van der Waals surface area contributed by atoms with Gasteiger partial charge in [0.05, 0.1) is 44.3 Å². The molecule has 2 fully saturated rings. The van der Waals surface area contributed by atoms with E-state index in [0.29, 0.717) is 12.8 Å². The number of nitrogens with zero attached hydrogens (tertiary/aromatic N) is 1. The molecule has 0 bridgehead atoms. The van der Waals surface area contributed by atoms with Gasteiger partial charge in [-0.1, -0.05) is 0 Å². The van der Waals surface area contributed by atoms with Gasteiger partial charge in [0.2, 0.25) is 5.91 Å². The second-order valence-electron chi connectivity index (χ2n) is 7.82. The van der Waals surface area contributed by atoms with Gasteiger partial charge in [-0.25, -0.2) is 8.42 Å². The third kappa shape index (κ3) is 4.04. The van der Waals surface area contributed by atoms with Crippen LogP contribution in [0.2, 0.25) is 0 Å². The standard InChI is InChI=1S/C19H26N2O4S/c22-19(12-16-4-10-26(23,24)14-16)21-7-5-20(6-8-21)13-15-1-2-18-17(11-15)3-9-25-18/h1-2,11,16H,3-10,12-14H2/p+1/t16-/m1/s1. The number of sulfone groups is 1. The second kappa shape index (κ2) is 7.19. The van der Waals surface area contributed by atoms with Crippen LogP contribution in [0, 0.1) is 5.92 Å². The minimum Gasteiger partial charge on any atom is -0.493 e. The van der Waals surface area contributed by atoms with Crippen LogP contribution in [0.1, 0.15) is 24.0 Å². The number of carbonyl (C=O) groups is 1. The summed E-state index contributed by atoms with van der Waals surface area (Å²) in [5.74, 6) is 1.60. The van der Waals surface area contributed by atoms with Crippen molar-refractivity contribution in [2.24, 2.45) is 5.92 Å².